The van der Waals surface area contributed by atoms with E-state index in [0.29, 0.717) is 11.6 Å². The van der Waals surface area contributed by atoms with E-state index in [0.717, 1.165) is 18.0 Å². The summed E-state index contributed by atoms with van der Waals surface area (Å²) < 4.78 is 7.56. The standard InChI is InChI=1S/C12H13ClN2O/c1-15-8-7-14-12(15)6-9-16-11-5-3-2-4-10(11)13/h2-5,7-8H,6,9H2,1H3. The quantitative estimate of drug-likeness (QED) is 0.816. The predicted octanol–water partition coefficient (Wildman–Crippen LogP) is 2.70. The van der Waals surface area contributed by atoms with Gasteiger partial charge >= 0.3 is 0 Å². The normalized spacial score (nSPS) is 10.4. The molecule has 0 spiro atoms. The van der Waals surface area contributed by atoms with Crippen molar-refractivity contribution in [3.8, 4) is 5.75 Å². The lowest BCUT2D eigenvalue weighted by atomic mass is 10.3. The van der Waals surface area contributed by atoms with E-state index in [1.165, 1.54) is 0 Å². The van der Waals surface area contributed by atoms with E-state index in [4.69, 9.17) is 16.3 Å². The summed E-state index contributed by atoms with van der Waals surface area (Å²) >= 11 is 5.97. The summed E-state index contributed by atoms with van der Waals surface area (Å²) in [5, 5.41) is 0.641. The molecule has 1 aromatic carbocycles. The van der Waals surface area contributed by atoms with Crippen molar-refractivity contribution in [2.75, 3.05) is 6.61 Å². The molecule has 0 bridgehead atoms. The molecule has 0 radical (unpaired) electrons. The van der Waals surface area contributed by atoms with Gasteiger partial charge in [-0.3, -0.25) is 0 Å². The third-order valence-corrected chi connectivity index (χ3v) is 2.65. The van der Waals surface area contributed by atoms with Crippen LogP contribution in [-0.2, 0) is 13.5 Å². The smallest absolute Gasteiger partial charge is 0.137 e. The molecule has 1 heterocycles. The Morgan fingerprint density at radius 2 is 2.19 bits per heavy atom. The average molecular weight is 237 g/mol. The molecule has 1 aromatic heterocycles. The van der Waals surface area contributed by atoms with Crippen molar-refractivity contribution in [3.63, 3.8) is 0 Å². The van der Waals surface area contributed by atoms with Gasteiger partial charge in [0.2, 0.25) is 0 Å². The highest BCUT2D eigenvalue weighted by atomic mass is 35.5. The molecule has 2 aromatic rings. The van der Waals surface area contributed by atoms with Gasteiger partial charge in [0.05, 0.1) is 11.6 Å². The van der Waals surface area contributed by atoms with Gasteiger partial charge in [-0.2, -0.15) is 0 Å². The van der Waals surface area contributed by atoms with Crippen LogP contribution in [0.1, 0.15) is 5.82 Å². The Kier molecular flexibility index (Phi) is 3.47. The number of hydrogen-bond donors (Lipinski definition) is 0. The molecular weight excluding hydrogens is 224 g/mol. The minimum Gasteiger partial charge on any atom is -0.492 e. The fraction of sp³-hybridized carbons (Fsp3) is 0.250. The van der Waals surface area contributed by atoms with Gasteiger partial charge in [0.25, 0.3) is 0 Å². The summed E-state index contributed by atoms with van der Waals surface area (Å²) in [6.45, 7) is 0.578. The van der Waals surface area contributed by atoms with Crippen molar-refractivity contribution in [2.45, 2.75) is 6.42 Å². The molecular formula is C12H13ClN2O. The van der Waals surface area contributed by atoms with Crippen LogP contribution in [0.15, 0.2) is 36.7 Å². The van der Waals surface area contributed by atoms with Crippen molar-refractivity contribution in [3.05, 3.63) is 47.5 Å². The Bertz CT molecular complexity index is 468. The number of imidazole rings is 1. The van der Waals surface area contributed by atoms with E-state index in [1.54, 1.807) is 6.20 Å². The summed E-state index contributed by atoms with van der Waals surface area (Å²) in [7, 11) is 1.97. The van der Waals surface area contributed by atoms with E-state index in [9.17, 15) is 0 Å². The molecule has 0 fully saturated rings. The Morgan fingerprint density at radius 3 is 2.88 bits per heavy atom. The van der Waals surface area contributed by atoms with Crippen LogP contribution in [-0.4, -0.2) is 16.2 Å². The number of benzene rings is 1. The van der Waals surface area contributed by atoms with Gasteiger partial charge in [0.1, 0.15) is 11.6 Å². The first kappa shape index (κ1) is 11.0. The van der Waals surface area contributed by atoms with Crippen LogP contribution in [0.25, 0.3) is 0 Å². The first-order valence-corrected chi connectivity index (χ1v) is 5.48. The summed E-state index contributed by atoms with van der Waals surface area (Å²) in [6.07, 6.45) is 4.48. The molecule has 84 valence electrons. The summed E-state index contributed by atoms with van der Waals surface area (Å²) in [6, 6.07) is 7.47. The molecule has 0 aliphatic heterocycles. The van der Waals surface area contributed by atoms with Gasteiger partial charge in [-0.25, -0.2) is 4.98 Å². The minimum absolute atomic E-state index is 0.578. The first-order valence-electron chi connectivity index (χ1n) is 5.11. The molecule has 16 heavy (non-hydrogen) atoms. The van der Waals surface area contributed by atoms with E-state index in [-0.39, 0.29) is 0 Å². The summed E-state index contributed by atoms with van der Waals surface area (Å²) in [4.78, 5) is 4.22. The third-order valence-electron chi connectivity index (χ3n) is 2.34. The fourth-order valence-electron chi connectivity index (χ4n) is 1.45. The lowest BCUT2D eigenvalue weighted by molar-refractivity contribution is 0.317. The number of nitrogens with zero attached hydrogens (tertiary/aromatic N) is 2. The zero-order valence-corrected chi connectivity index (χ0v) is 9.81. The number of rotatable bonds is 4. The molecule has 3 nitrogen and oxygen atoms in total. The van der Waals surface area contributed by atoms with E-state index in [1.807, 2.05) is 42.1 Å². The number of para-hydroxylation sites is 1. The van der Waals surface area contributed by atoms with Gasteiger partial charge in [0.15, 0.2) is 0 Å². The highest BCUT2D eigenvalue weighted by molar-refractivity contribution is 6.32. The topological polar surface area (TPSA) is 27.1 Å². The summed E-state index contributed by atoms with van der Waals surface area (Å²) in [5.74, 6) is 1.73. The molecule has 0 amide bonds. The van der Waals surface area contributed by atoms with Crippen LogP contribution >= 0.6 is 11.6 Å². The van der Waals surface area contributed by atoms with Gasteiger partial charge in [-0.1, -0.05) is 23.7 Å². The molecule has 2 rings (SSSR count). The second-order valence-corrected chi connectivity index (χ2v) is 3.89. The van der Waals surface area contributed by atoms with Crippen LogP contribution in [0, 0.1) is 0 Å². The van der Waals surface area contributed by atoms with Gasteiger partial charge in [-0.15, -0.1) is 0 Å². The molecule has 0 aliphatic carbocycles. The Balaban J connectivity index is 1.89. The number of aryl methyl sites for hydroxylation is 1. The predicted molar refractivity (Wildman–Crippen MR) is 63.9 cm³/mol. The second kappa shape index (κ2) is 5.03. The highest BCUT2D eigenvalue weighted by Crippen LogP contribution is 2.22. The third kappa shape index (κ3) is 2.55. The molecule has 0 N–H and O–H groups in total. The number of aromatic nitrogens is 2. The van der Waals surface area contributed by atoms with E-state index in [2.05, 4.69) is 4.98 Å². The molecule has 0 saturated heterocycles. The van der Waals surface area contributed by atoms with Crippen molar-refractivity contribution in [1.29, 1.82) is 0 Å². The average Bonchev–Trinajstić information content (AvgIpc) is 2.67. The molecule has 0 unspecified atom stereocenters. The zero-order valence-electron chi connectivity index (χ0n) is 9.06. The van der Waals surface area contributed by atoms with E-state index < -0.39 is 0 Å². The fourth-order valence-corrected chi connectivity index (χ4v) is 1.64. The minimum atomic E-state index is 0.578. The largest absolute Gasteiger partial charge is 0.492 e. The monoisotopic (exact) mass is 236 g/mol. The number of ether oxygens (including phenoxy) is 1. The van der Waals surface area contributed by atoms with Gasteiger partial charge in [-0.05, 0) is 12.1 Å². The molecule has 0 saturated carbocycles. The van der Waals surface area contributed by atoms with Crippen molar-refractivity contribution in [2.24, 2.45) is 7.05 Å². The van der Waals surface area contributed by atoms with Crippen LogP contribution in [0.2, 0.25) is 5.02 Å². The molecule has 0 atom stereocenters. The lowest BCUT2D eigenvalue weighted by Crippen LogP contribution is -2.06. The Hall–Kier alpha value is -1.48. The number of hydrogen-bond acceptors (Lipinski definition) is 2. The van der Waals surface area contributed by atoms with Gasteiger partial charge in [0, 0.05) is 25.9 Å². The zero-order chi connectivity index (χ0) is 11.4. The van der Waals surface area contributed by atoms with Crippen molar-refractivity contribution in [1.82, 2.24) is 9.55 Å². The maximum atomic E-state index is 5.97. The maximum Gasteiger partial charge on any atom is 0.137 e. The maximum absolute atomic E-state index is 5.97. The molecule has 4 heteroatoms. The van der Waals surface area contributed by atoms with E-state index >= 15 is 0 Å². The van der Waals surface area contributed by atoms with Crippen LogP contribution in [0.4, 0.5) is 0 Å². The lowest BCUT2D eigenvalue weighted by Gasteiger charge is -2.07. The molecule has 0 aliphatic rings. The van der Waals surface area contributed by atoms with Crippen LogP contribution in [0.3, 0.4) is 0 Å². The second-order valence-electron chi connectivity index (χ2n) is 3.48. The number of halogens is 1. The Morgan fingerprint density at radius 1 is 1.38 bits per heavy atom. The SMILES string of the molecule is Cn1ccnc1CCOc1ccccc1Cl. The van der Waals surface area contributed by atoms with Gasteiger partial charge < -0.3 is 9.30 Å². The first-order chi connectivity index (χ1) is 7.77. The van der Waals surface area contributed by atoms with Crippen LogP contribution in [0.5, 0.6) is 5.75 Å². The Labute approximate surface area is 99.6 Å². The van der Waals surface area contributed by atoms with Crippen molar-refractivity contribution < 1.29 is 4.74 Å². The highest BCUT2D eigenvalue weighted by Gasteiger charge is 2.02. The van der Waals surface area contributed by atoms with Crippen molar-refractivity contribution >= 4 is 11.6 Å². The van der Waals surface area contributed by atoms with Crippen LogP contribution < -0.4 is 4.74 Å². The summed E-state index contributed by atoms with van der Waals surface area (Å²) in [5.41, 5.74) is 0.